The first-order valence-electron chi connectivity index (χ1n) is 5.97. The maximum Gasteiger partial charge on any atom is 0.326 e. The highest BCUT2D eigenvalue weighted by atomic mass is 127. The second-order valence-corrected chi connectivity index (χ2v) is 5.78. The van der Waals surface area contributed by atoms with Gasteiger partial charge in [-0.05, 0) is 28.7 Å². The molecule has 1 saturated heterocycles. The monoisotopic (exact) mass is 406 g/mol. The lowest BCUT2D eigenvalue weighted by Gasteiger charge is -2.21. The summed E-state index contributed by atoms with van der Waals surface area (Å²) in [4.78, 5) is 34.8. The van der Waals surface area contributed by atoms with E-state index < -0.39 is 28.9 Å². The van der Waals surface area contributed by atoms with Gasteiger partial charge in [0.1, 0.15) is 6.04 Å². The van der Waals surface area contributed by atoms with Gasteiger partial charge in [-0.3, -0.25) is 14.9 Å². The number of hydrogen-bond acceptors (Lipinski definition) is 5. The summed E-state index contributed by atoms with van der Waals surface area (Å²) in [5, 5.41) is 29.4. The van der Waals surface area contributed by atoms with Crippen LogP contribution in [0.5, 0.6) is 0 Å². The van der Waals surface area contributed by atoms with Crippen LogP contribution in [0.25, 0.3) is 0 Å². The number of carbonyl (C=O) groups is 2. The van der Waals surface area contributed by atoms with Gasteiger partial charge >= 0.3 is 5.97 Å². The van der Waals surface area contributed by atoms with E-state index in [0.717, 1.165) is 11.0 Å². The van der Waals surface area contributed by atoms with Crippen LogP contribution in [0.4, 0.5) is 5.69 Å². The van der Waals surface area contributed by atoms with Crippen molar-refractivity contribution in [2.75, 3.05) is 6.54 Å². The molecule has 0 saturated carbocycles. The number of nitrogens with zero attached hydrogens (tertiary/aromatic N) is 2. The number of benzene rings is 1. The van der Waals surface area contributed by atoms with Gasteiger partial charge in [0.15, 0.2) is 0 Å². The summed E-state index contributed by atoms with van der Waals surface area (Å²) in [6.07, 6.45) is -0.960. The smallest absolute Gasteiger partial charge is 0.326 e. The van der Waals surface area contributed by atoms with Crippen molar-refractivity contribution >= 4 is 40.2 Å². The molecule has 2 atom stereocenters. The van der Waals surface area contributed by atoms with Gasteiger partial charge in [-0.25, -0.2) is 4.79 Å². The molecular weight excluding hydrogens is 395 g/mol. The molecule has 9 heteroatoms. The third-order valence-electron chi connectivity index (χ3n) is 3.22. The van der Waals surface area contributed by atoms with Gasteiger partial charge in [-0.2, -0.15) is 0 Å². The summed E-state index contributed by atoms with van der Waals surface area (Å²) in [6, 6.07) is 2.69. The van der Waals surface area contributed by atoms with E-state index in [-0.39, 0.29) is 24.2 Å². The van der Waals surface area contributed by atoms with Gasteiger partial charge in [-0.15, -0.1) is 0 Å². The first kappa shape index (κ1) is 15.6. The maximum absolute atomic E-state index is 12.4. The molecule has 1 fully saturated rings. The minimum Gasteiger partial charge on any atom is -0.480 e. The fourth-order valence-electron chi connectivity index (χ4n) is 2.22. The van der Waals surface area contributed by atoms with E-state index in [1.54, 1.807) is 0 Å². The molecular formula is C12H11IN2O6. The number of nitro benzene ring substituents is 1. The van der Waals surface area contributed by atoms with Crippen molar-refractivity contribution in [1.82, 2.24) is 4.90 Å². The average Bonchev–Trinajstić information content (AvgIpc) is 2.80. The molecule has 0 radical (unpaired) electrons. The number of aliphatic hydroxyl groups excluding tert-OH is 1. The van der Waals surface area contributed by atoms with Crippen LogP contribution in [0.1, 0.15) is 16.8 Å². The average molecular weight is 406 g/mol. The number of β-amino-alcohol motifs (C(OH)–C–C–N with tert-alkyl or cyclic N) is 1. The highest BCUT2D eigenvalue weighted by Crippen LogP contribution is 2.25. The zero-order valence-corrected chi connectivity index (χ0v) is 12.8. The highest BCUT2D eigenvalue weighted by molar-refractivity contribution is 14.1. The van der Waals surface area contributed by atoms with E-state index in [0.29, 0.717) is 3.57 Å². The van der Waals surface area contributed by atoms with Gasteiger partial charge in [0.05, 0.1) is 16.6 Å². The van der Waals surface area contributed by atoms with Crippen LogP contribution in [0.15, 0.2) is 18.2 Å². The molecule has 21 heavy (non-hydrogen) atoms. The summed E-state index contributed by atoms with van der Waals surface area (Å²) in [5.74, 6) is -1.84. The van der Waals surface area contributed by atoms with Gasteiger partial charge in [0, 0.05) is 28.7 Å². The number of carbonyl (C=O) groups excluding carboxylic acids is 1. The summed E-state index contributed by atoms with van der Waals surface area (Å²) in [6.45, 7) is -0.103. The number of aliphatic carboxylic acids is 1. The van der Waals surface area contributed by atoms with Crippen molar-refractivity contribution in [1.29, 1.82) is 0 Å². The Morgan fingerprint density at radius 2 is 2.10 bits per heavy atom. The van der Waals surface area contributed by atoms with Crippen LogP contribution in [0.2, 0.25) is 0 Å². The number of aliphatic hydroxyl groups is 1. The first-order chi connectivity index (χ1) is 9.81. The lowest BCUT2D eigenvalue weighted by Crippen LogP contribution is -2.40. The molecule has 1 aromatic carbocycles. The first-order valence-corrected chi connectivity index (χ1v) is 7.05. The predicted molar refractivity (Wildman–Crippen MR) is 78.9 cm³/mol. The molecule has 2 N–H and O–H groups in total. The second kappa shape index (κ2) is 5.93. The lowest BCUT2D eigenvalue weighted by atomic mass is 10.1. The van der Waals surface area contributed by atoms with Crippen LogP contribution in [-0.4, -0.2) is 50.6 Å². The largest absolute Gasteiger partial charge is 0.480 e. The minimum atomic E-state index is -1.21. The van der Waals surface area contributed by atoms with Crippen LogP contribution >= 0.6 is 22.6 Å². The number of nitro groups is 1. The van der Waals surface area contributed by atoms with E-state index in [9.17, 15) is 24.8 Å². The number of rotatable bonds is 3. The predicted octanol–water partition coefficient (Wildman–Crippen LogP) is 0.859. The SMILES string of the molecule is O=C(O)[C@H]1C[C@@H](O)CN1C(=O)c1cc([N+](=O)[O-])ccc1I. The van der Waals surface area contributed by atoms with Crippen LogP contribution in [-0.2, 0) is 4.79 Å². The molecule has 1 amide bonds. The number of halogens is 1. The van der Waals surface area contributed by atoms with Gasteiger partial charge in [0.25, 0.3) is 11.6 Å². The standard InChI is InChI=1S/C12H11IN2O6/c13-9-2-1-6(15(20)21)3-8(9)11(17)14-5-7(16)4-10(14)12(18)19/h1-3,7,10,16H,4-5H2,(H,18,19)/t7-,10-/m1/s1. The molecule has 0 aromatic heterocycles. The van der Waals surface area contributed by atoms with Gasteiger partial charge in [-0.1, -0.05) is 0 Å². The maximum atomic E-state index is 12.4. The number of hydrogen-bond donors (Lipinski definition) is 2. The van der Waals surface area contributed by atoms with E-state index >= 15 is 0 Å². The molecule has 112 valence electrons. The Labute approximate surface area is 132 Å². The van der Waals surface area contributed by atoms with Crippen LogP contribution in [0, 0.1) is 13.7 Å². The Bertz CT molecular complexity index is 620. The third-order valence-corrected chi connectivity index (χ3v) is 4.16. The Morgan fingerprint density at radius 1 is 1.43 bits per heavy atom. The number of non-ortho nitro benzene ring substituents is 1. The van der Waals surface area contributed by atoms with Crippen molar-refractivity contribution < 1.29 is 24.7 Å². The molecule has 0 aliphatic carbocycles. The Balaban J connectivity index is 2.37. The molecule has 2 rings (SSSR count). The topological polar surface area (TPSA) is 121 Å². The Hall–Kier alpha value is -1.75. The van der Waals surface area contributed by atoms with Crippen molar-refractivity contribution in [3.63, 3.8) is 0 Å². The highest BCUT2D eigenvalue weighted by Gasteiger charge is 2.39. The second-order valence-electron chi connectivity index (χ2n) is 4.62. The molecule has 1 heterocycles. The fraction of sp³-hybridized carbons (Fsp3) is 0.333. The molecule has 1 aliphatic rings. The minimum absolute atomic E-state index is 0.0490. The van der Waals surface area contributed by atoms with Gasteiger partial charge < -0.3 is 15.1 Å². The number of amides is 1. The number of likely N-dealkylation sites (tertiary alicyclic amines) is 1. The molecule has 0 bridgehead atoms. The number of carboxylic acids is 1. The van der Waals surface area contributed by atoms with Crippen molar-refractivity contribution in [3.8, 4) is 0 Å². The van der Waals surface area contributed by atoms with E-state index in [1.165, 1.54) is 12.1 Å². The van der Waals surface area contributed by atoms with E-state index in [4.69, 9.17) is 5.11 Å². The zero-order valence-electron chi connectivity index (χ0n) is 10.6. The summed E-state index contributed by atoms with van der Waals surface area (Å²) < 4.78 is 0.480. The van der Waals surface area contributed by atoms with Crippen LogP contribution < -0.4 is 0 Å². The summed E-state index contributed by atoms with van der Waals surface area (Å²) in [5.41, 5.74) is -0.185. The van der Waals surface area contributed by atoms with Crippen molar-refractivity contribution in [2.24, 2.45) is 0 Å². The molecule has 1 aromatic rings. The summed E-state index contributed by atoms with van der Waals surface area (Å²) >= 11 is 1.85. The van der Waals surface area contributed by atoms with E-state index in [1.807, 2.05) is 22.6 Å². The van der Waals surface area contributed by atoms with Crippen molar-refractivity contribution in [2.45, 2.75) is 18.6 Å². The van der Waals surface area contributed by atoms with Crippen LogP contribution in [0.3, 0.4) is 0 Å². The summed E-state index contributed by atoms with van der Waals surface area (Å²) in [7, 11) is 0. The number of carboxylic acid groups (broad SMARTS) is 1. The van der Waals surface area contributed by atoms with E-state index in [2.05, 4.69) is 0 Å². The lowest BCUT2D eigenvalue weighted by molar-refractivity contribution is -0.384. The third kappa shape index (κ3) is 3.13. The molecule has 1 aliphatic heterocycles. The molecule has 0 spiro atoms. The van der Waals surface area contributed by atoms with Crippen molar-refractivity contribution in [3.05, 3.63) is 37.4 Å². The zero-order chi connectivity index (χ0) is 15.7. The Kier molecular flexibility index (Phi) is 4.42. The normalized spacial score (nSPS) is 21.3. The quantitative estimate of drug-likeness (QED) is 0.437. The Morgan fingerprint density at radius 3 is 2.67 bits per heavy atom. The van der Waals surface area contributed by atoms with Gasteiger partial charge in [0.2, 0.25) is 0 Å². The molecule has 0 unspecified atom stereocenters. The molecule has 8 nitrogen and oxygen atoms in total. The fourth-order valence-corrected chi connectivity index (χ4v) is 2.78.